The van der Waals surface area contributed by atoms with E-state index in [1.54, 1.807) is 24.3 Å². The predicted octanol–water partition coefficient (Wildman–Crippen LogP) is 2.08. The van der Waals surface area contributed by atoms with E-state index < -0.39 is 0 Å². The van der Waals surface area contributed by atoms with Crippen molar-refractivity contribution in [2.45, 2.75) is 19.9 Å². The van der Waals surface area contributed by atoms with Gasteiger partial charge in [0.25, 0.3) is 5.91 Å². The highest BCUT2D eigenvalue weighted by molar-refractivity contribution is 5.94. The minimum absolute atomic E-state index is 0.0913. The Morgan fingerprint density at radius 2 is 1.42 bits per heavy atom. The number of esters is 1. The summed E-state index contributed by atoms with van der Waals surface area (Å²) >= 11 is 0. The van der Waals surface area contributed by atoms with Crippen LogP contribution in [0.5, 0.6) is 0 Å². The van der Waals surface area contributed by atoms with Crippen LogP contribution in [0.4, 0.5) is 0 Å². The van der Waals surface area contributed by atoms with Crippen LogP contribution in [0.15, 0.2) is 48.5 Å². The Hall–Kier alpha value is -3.15. The monoisotopic (exact) mass is 354 g/mol. The maximum absolute atomic E-state index is 12.2. The van der Waals surface area contributed by atoms with Crippen molar-refractivity contribution < 1.29 is 19.1 Å². The lowest BCUT2D eigenvalue weighted by molar-refractivity contribution is -0.119. The number of nitrogens with one attached hydrogen (secondary N) is 2. The van der Waals surface area contributed by atoms with Crippen LogP contribution >= 0.6 is 0 Å². The highest BCUT2D eigenvalue weighted by atomic mass is 16.5. The predicted molar refractivity (Wildman–Crippen MR) is 97.8 cm³/mol. The highest BCUT2D eigenvalue weighted by Crippen LogP contribution is 2.07. The maximum Gasteiger partial charge on any atom is 0.337 e. The standard InChI is InChI=1S/C20H22N2O4/c1-14(23)22-13-16-5-7-17(8-6-16)19(24)21-12-11-15-3-9-18(10-4-15)20(25)26-2/h3-10H,11-13H2,1-2H3,(H,21,24)(H,22,23). The van der Waals surface area contributed by atoms with Crippen molar-refractivity contribution in [2.75, 3.05) is 13.7 Å². The molecule has 0 atom stereocenters. The third-order valence-corrected chi connectivity index (χ3v) is 3.83. The molecule has 0 spiro atoms. The molecule has 0 aromatic heterocycles. The first kappa shape index (κ1) is 19.2. The van der Waals surface area contributed by atoms with Crippen LogP contribution in [0.2, 0.25) is 0 Å². The van der Waals surface area contributed by atoms with Crippen LogP contribution in [-0.4, -0.2) is 31.4 Å². The Kier molecular flexibility index (Phi) is 6.91. The van der Waals surface area contributed by atoms with Gasteiger partial charge in [0.15, 0.2) is 0 Å². The second-order valence-corrected chi connectivity index (χ2v) is 5.80. The fourth-order valence-electron chi connectivity index (χ4n) is 2.35. The molecular formula is C20H22N2O4. The first-order valence-corrected chi connectivity index (χ1v) is 8.28. The molecule has 26 heavy (non-hydrogen) atoms. The van der Waals surface area contributed by atoms with E-state index in [2.05, 4.69) is 15.4 Å². The van der Waals surface area contributed by atoms with Crippen LogP contribution in [0, 0.1) is 0 Å². The van der Waals surface area contributed by atoms with Gasteiger partial charge in [-0.3, -0.25) is 9.59 Å². The normalized spacial score (nSPS) is 10.1. The number of methoxy groups -OCH3 is 1. The Morgan fingerprint density at radius 3 is 2.00 bits per heavy atom. The number of rotatable bonds is 7. The van der Waals surface area contributed by atoms with E-state index in [1.807, 2.05) is 24.3 Å². The van der Waals surface area contributed by atoms with Crippen molar-refractivity contribution in [3.8, 4) is 0 Å². The lowest BCUT2D eigenvalue weighted by atomic mass is 10.1. The molecule has 2 amide bonds. The summed E-state index contributed by atoms with van der Waals surface area (Å²) in [4.78, 5) is 34.4. The van der Waals surface area contributed by atoms with Gasteiger partial charge in [0.2, 0.25) is 5.91 Å². The summed E-state index contributed by atoms with van der Waals surface area (Å²) in [6.45, 7) is 2.40. The second kappa shape index (κ2) is 9.36. The smallest absolute Gasteiger partial charge is 0.337 e. The number of amides is 2. The second-order valence-electron chi connectivity index (χ2n) is 5.80. The maximum atomic E-state index is 12.2. The molecule has 2 aromatic rings. The summed E-state index contributed by atoms with van der Waals surface area (Å²) in [6, 6.07) is 14.2. The van der Waals surface area contributed by atoms with Crippen LogP contribution in [-0.2, 0) is 22.5 Å². The molecule has 0 saturated carbocycles. The van der Waals surface area contributed by atoms with Crippen molar-refractivity contribution in [3.63, 3.8) is 0 Å². The number of hydrogen-bond donors (Lipinski definition) is 2. The molecule has 2 aromatic carbocycles. The summed E-state index contributed by atoms with van der Waals surface area (Å²) in [7, 11) is 1.35. The van der Waals surface area contributed by atoms with E-state index in [0.29, 0.717) is 30.6 Å². The number of benzene rings is 2. The average molecular weight is 354 g/mol. The average Bonchev–Trinajstić information content (AvgIpc) is 2.66. The molecular weight excluding hydrogens is 332 g/mol. The number of ether oxygens (including phenoxy) is 1. The van der Waals surface area contributed by atoms with Gasteiger partial charge in [-0.1, -0.05) is 24.3 Å². The van der Waals surface area contributed by atoms with Gasteiger partial charge in [0, 0.05) is 25.6 Å². The topological polar surface area (TPSA) is 84.5 Å². The van der Waals surface area contributed by atoms with Gasteiger partial charge in [-0.05, 0) is 41.8 Å². The minimum Gasteiger partial charge on any atom is -0.465 e. The molecule has 0 aliphatic rings. The van der Waals surface area contributed by atoms with Gasteiger partial charge in [-0.2, -0.15) is 0 Å². The van der Waals surface area contributed by atoms with Gasteiger partial charge in [-0.25, -0.2) is 4.79 Å². The lowest BCUT2D eigenvalue weighted by Gasteiger charge is -2.07. The Morgan fingerprint density at radius 1 is 0.846 bits per heavy atom. The molecule has 0 heterocycles. The molecule has 0 aliphatic carbocycles. The van der Waals surface area contributed by atoms with Crippen molar-refractivity contribution in [3.05, 3.63) is 70.8 Å². The first-order chi connectivity index (χ1) is 12.5. The lowest BCUT2D eigenvalue weighted by Crippen LogP contribution is -2.25. The number of hydrogen-bond acceptors (Lipinski definition) is 4. The quantitative estimate of drug-likeness (QED) is 0.746. The first-order valence-electron chi connectivity index (χ1n) is 8.28. The van der Waals surface area contributed by atoms with Gasteiger partial charge in [0.1, 0.15) is 0 Å². The van der Waals surface area contributed by atoms with E-state index in [4.69, 9.17) is 0 Å². The van der Waals surface area contributed by atoms with Gasteiger partial charge in [0.05, 0.1) is 12.7 Å². The summed E-state index contributed by atoms with van der Waals surface area (Å²) in [6.07, 6.45) is 0.661. The number of carbonyl (C=O) groups excluding carboxylic acids is 3. The Labute approximate surface area is 152 Å². The van der Waals surface area contributed by atoms with Crippen molar-refractivity contribution in [1.82, 2.24) is 10.6 Å². The summed E-state index contributed by atoms with van der Waals surface area (Å²) in [5.41, 5.74) is 3.02. The molecule has 0 aliphatic heterocycles. The van der Waals surface area contributed by atoms with Gasteiger partial charge >= 0.3 is 5.97 Å². The van der Waals surface area contributed by atoms with E-state index in [9.17, 15) is 14.4 Å². The van der Waals surface area contributed by atoms with E-state index >= 15 is 0 Å². The SMILES string of the molecule is COC(=O)c1ccc(CCNC(=O)c2ccc(CNC(C)=O)cc2)cc1. The van der Waals surface area contributed by atoms with Crippen LogP contribution in [0.25, 0.3) is 0 Å². The van der Waals surface area contributed by atoms with Crippen LogP contribution in [0.3, 0.4) is 0 Å². The Bertz CT molecular complexity index is 767. The van der Waals surface area contributed by atoms with Crippen molar-refractivity contribution in [1.29, 1.82) is 0 Å². The Balaban J connectivity index is 1.81. The largest absolute Gasteiger partial charge is 0.465 e. The minimum atomic E-state index is -0.369. The molecule has 6 nitrogen and oxygen atoms in total. The van der Waals surface area contributed by atoms with E-state index in [0.717, 1.165) is 11.1 Å². The fourth-order valence-corrected chi connectivity index (χ4v) is 2.35. The molecule has 2 rings (SSSR count). The summed E-state index contributed by atoms with van der Waals surface area (Å²) < 4.78 is 4.66. The zero-order valence-corrected chi connectivity index (χ0v) is 14.9. The third kappa shape index (κ3) is 5.73. The zero-order chi connectivity index (χ0) is 18.9. The molecule has 2 N–H and O–H groups in total. The molecule has 6 heteroatoms. The van der Waals surface area contributed by atoms with Crippen molar-refractivity contribution in [2.24, 2.45) is 0 Å². The zero-order valence-electron chi connectivity index (χ0n) is 14.9. The highest BCUT2D eigenvalue weighted by Gasteiger charge is 2.07. The summed E-state index contributed by atoms with van der Waals surface area (Å²) in [5.74, 6) is -0.611. The molecule has 0 radical (unpaired) electrons. The van der Waals surface area contributed by atoms with Crippen LogP contribution < -0.4 is 10.6 Å². The van der Waals surface area contributed by atoms with Gasteiger partial charge < -0.3 is 15.4 Å². The molecule has 0 unspecified atom stereocenters. The fraction of sp³-hybridized carbons (Fsp3) is 0.250. The molecule has 0 fully saturated rings. The van der Waals surface area contributed by atoms with E-state index in [-0.39, 0.29) is 17.8 Å². The third-order valence-electron chi connectivity index (χ3n) is 3.83. The summed E-state index contributed by atoms with van der Waals surface area (Å²) in [5, 5.41) is 5.57. The van der Waals surface area contributed by atoms with Gasteiger partial charge in [-0.15, -0.1) is 0 Å². The van der Waals surface area contributed by atoms with Crippen molar-refractivity contribution >= 4 is 17.8 Å². The molecule has 136 valence electrons. The van der Waals surface area contributed by atoms with E-state index in [1.165, 1.54) is 14.0 Å². The molecule has 0 saturated heterocycles. The van der Waals surface area contributed by atoms with Crippen LogP contribution in [0.1, 0.15) is 38.8 Å². The molecule has 0 bridgehead atoms. The number of carbonyl (C=O) groups is 3.